The van der Waals surface area contributed by atoms with Crippen LogP contribution in [0.25, 0.3) is 0 Å². The van der Waals surface area contributed by atoms with E-state index >= 15 is 0 Å². The molecule has 1 atom stereocenters. The molecule has 0 saturated carbocycles. The van der Waals surface area contributed by atoms with E-state index in [4.69, 9.17) is 16.3 Å². The Morgan fingerprint density at radius 1 is 1.33 bits per heavy atom. The third-order valence-corrected chi connectivity index (χ3v) is 7.09. The Balaban J connectivity index is 1.72. The van der Waals surface area contributed by atoms with Crippen molar-refractivity contribution in [3.05, 3.63) is 34.9 Å². The van der Waals surface area contributed by atoms with Crippen molar-refractivity contribution in [1.82, 2.24) is 5.32 Å². The van der Waals surface area contributed by atoms with Gasteiger partial charge in [0.1, 0.15) is 0 Å². The summed E-state index contributed by atoms with van der Waals surface area (Å²) in [5, 5.41) is 3.66. The van der Waals surface area contributed by atoms with Crippen LogP contribution in [-0.4, -0.2) is 45.6 Å². The largest absolute Gasteiger partial charge is 0.381 e. The van der Waals surface area contributed by atoms with E-state index in [1.807, 2.05) is 24.3 Å². The maximum absolute atomic E-state index is 12.4. The van der Waals surface area contributed by atoms with Gasteiger partial charge in [0.2, 0.25) is 5.91 Å². The Labute approximate surface area is 147 Å². The highest BCUT2D eigenvalue weighted by molar-refractivity contribution is 7.91. The summed E-state index contributed by atoms with van der Waals surface area (Å²) < 4.78 is 28.6. The molecule has 0 bridgehead atoms. The van der Waals surface area contributed by atoms with Gasteiger partial charge in [-0.25, -0.2) is 8.42 Å². The van der Waals surface area contributed by atoms with Gasteiger partial charge >= 0.3 is 0 Å². The van der Waals surface area contributed by atoms with E-state index in [2.05, 4.69) is 5.32 Å². The fourth-order valence-corrected chi connectivity index (χ4v) is 5.48. The van der Waals surface area contributed by atoms with Crippen molar-refractivity contribution >= 4 is 27.3 Å². The third kappa shape index (κ3) is 3.92. The lowest BCUT2D eigenvalue weighted by Crippen LogP contribution is -2.46. The van der Waals surface area contributed by atoms with Crippen LogP contribution in [0.1, 0.15) is 24.8 Å². The SMILES string of the molecule is O=C(NCC1(c2cccc(Cl)c2)CCOCC1)C1CCS(=O)(=O)C1. The molecule has 132 valence electrons. The molecule has 2 aliphatic rings. The van der Waals surface area contributed by atoms with Crippen molar-refractivity contribution in [3.63, 3.8) is 0 Å². The number of hydrogen-bond acceptors (Lipinski definition) is 4. The maximum Gasteiger partial charge on any atom is 0.224 e. The number of ether oxygens (including phenoxy) is 1. The van der Waals surface area contributed by atoms with Crippen molar-refractivity contribution in [2.75, 3.05) is 31.3 Å². The monoisotopic (exact) mass is 371 g/mol. The van der Waals surface area contributed by atoms with E-state index in [0.29, 0.717) is 31.2 Å². The minimum atomic E-state index is -3.05. The second-order valence-electron chi connectivity index (χ2n) is 6.72. The second kappa shape index (κ2) is 7.02. The molecule has 2 heterocycles. The van der Waals surface area contributed by atoms with Crippen LogP contribution in [0.4, 0.5) is 0 Å². The Hall–Kier alpha value is -1.11. The molecule has 24 heavy (non-hydrogen) atoms. The van der Waals surface area contributed by atoms with Crippen LogP contribution in [0.5, 0.6) is 0 Å². The van der Waals surface area contributed by atoms with Gasteiger partial charge in [-0.2, -0.15) is 0 Å². The van der Waals surface area contributed by atoms with Crippen molar-refractivity contribution in [3.8, 4) is 0 Å². The van der Waals surface area contributed by atoms with Gasteiger partial charge in [-0.3, -0.25) is 4.79 Å². The first-order valence-electron chi connectivity index (χ1n) is 8.22. The number of rotatable bonds is 4. The lowest BCUT2D eigenvalue weighted by molar-refractivity contribution is -0.124. The van der Waals surface area contributed by atoms with Crippen molar-refractivity contribution in [2.45, 2.75) is 24.7 Å². The molecule has 2 aliphatic heterocycles. The number of sulfone groups is 1. The normalized spacial score (nSPS) is 25.3. The summed E-state index contributed by atoms with van der Waals surface area (Å²) in [4.78, 5) is 12.4. The molecule has 2 saturated heterocycles. The van der Waals surface area contributed by atoms with E-state index in [0.717, 1.165) is 18.4 Å². The molecule has 1 aromatic rings. The average molecular weight is 372 g/mol. The third-order valence-electron chi connectivity index (χ3n) is 5.09. The standard InChI is InChI=1S/C17H22ClNO4S/c18-15-3-1-2-14(10-15)17(5-7-23-8-6-17)12-19-16(20)13-4-9-24(21,22)11-13/h1-3,10,13H,4-9,11-12H2,(H,19,20). The molecule has 1 N–H and O–H groups in total. The van der Waals surface area contributed by atoms with Gasteiger partial charge < -0.3 is 10.1 Å². The molecule has 7 heteroatoms. The maximum atomic E-state index is 12.4. The molecule has 0 aromatic heterocycles. The Bertz CT molecular complexity index is 713. The van der Waals surface area contributed by atoms with Crippen molar-refractivity contribution < 1.29 is 17.9 Å². The highest BCUT2D eigenvalue weighted by Gasteiger charge is 2.37. The molecular formula is C17H22ClNO4S. The quantitative estimate of drug-likeness (QED) is 0.877. The Kier molecular flexibility index (Phi) is 5.18. The van der Waals surface area contributed by atoms with E-state index in [1.165, 1.54) is 0 Å². The molecule has 0 radical (unpaired) electrons. The van der Waals surface area contributed by atoms with Crippen LogP contribution < -0.4 is 5.32 Å². The molecular weight excluding hydrogens is 350 g/mol. The first-order chi connectivity index (χ1) is 11.4. The van der Waals surface area contributed by atoms with E-state index in [9.17, 15) is 13.2 Å². The number of benzene rings is 1. The predicted molar refractivity (Wildman–Crippen MR) is 93.0 cm³/mol. The first kappa shape index (κ1) is 17.7. The van der Waals surface area contributed by atoms with Crippen molar-refractivity contribution in [2.24, 2.45) is 5.92 Å². The smallest absolute Gasteiger partial charge is 0.224 e. The summed E-state index contributed by atoms with van der Waals surface area (Å²) >= 11 is 6.14. The van der Waals surface area contributed by atoms with Gasteiger partial charge in [0, 0.05) is 30.2 Å². The van der Waals surface area contributed by atoms with E-state index < -0.39 is 15.8 Å². The lowest BCUT2D eigenvalue weighted by atomic mass is 9.74. The minimum absolute atomic E-state index is 0.0356. The summed E-state index contributed by atoms with van der Waals surface area (Å²) in [5.74, 6) is -0.514. The number of nitrogens with one attached hydrogen (secondary N) is 1. The second-order valence-corrected chi connectivity index (χ2v) is 9.39. The zero-order valence-electron chi connectivity index (χ0n) is 13.5. The van der Waals surface area contributed by atoms with Gasteiger partial charge in [-0.05, 0) is 37.0 Å². The highest BCUT2D eigenvalue weighted by Crippen LogP contribution is 2.35. The number of carbonyl (C=O) groups is 1. The zero-order chi connectivity index (χ0) is 17.2. The van der Waals surface area contributed by atoms with E-state index in [1.54, 1.807) is 0 Å². The van der Waals surface area contributed by atoms with Crippen LogP contribution in [0.15, 0.2) is 24.3 Å². The predicted octanol–water partition coefficient (Wildman–Crippen LogP) is 1.94. The summed E-state index contributed by atoms with van der Waals surface area (Å²) in [6.07, 6.45) is 2.02. The van der Waals surface area contributed by atoms with Crippen molar-refractivity contribution in [1.29, 1.82) is 0 Å². The number of amides is 1. The molecule has 5 nitrogen and oxygen atoms in total. The fraction of sp³-hybridized carbons (Fsp3) is 0.588. The number of carbonyl (C=O) groups excluding carboxylic acids is 1. The summed E-state index contributed by atoms with van der Waals surface area (Å²) in [7, 11) is -3.05. The average Bonchev–Trinajstić information content (AvgIpc) is 2.94. The Morgan fingerprint density at radius 2 is 2.08 bits per heavy atom. The molecule has 1 unspecified atom stereocenters. The van der Waals surface area contributed by atoms with Crippen LogP contribution in [0.3, 0.4) is 0 Å². The lowest BCUT2D eigenvalue weighted by Gasteiger charge is -2.38. The summed E-state index contributed by atoms with van der Waals surface area (Å²) in [5.41, 5.74) is 0.883. The van der Waals surface area contributed by atoms with Crippen LogP contribution in [0, 0.1) is 5.92 Å². The highest BCUT2D eigenvalue weighted by atomic mass is 35.5. The molecule has 1 amide bonds. The van der Waals surface area contributed by atoms with E-state index in [-0.39, 0.29) is 22.8 Å². The topological polar surface area (TPSA) is 72.5 Å². The Morgan fingerprint density at radius 3 is 2.71 bits per heavy atom. The molecule has 2 fully saturated rings. The van der Waals surface area contributed by atoms with Crippen LogP contribution >= 0.6 is 11.6 Å². The summed E-state index contributed by atoms with van der Waals surface area (Å²) in [6.45, 7) is 1.76. The molecule has 1 aromatic carbocycles. The molecule has 3 rings (SSSR count). The van der Waals surface area contributed by atoms with Gasteiger partial charge in [-0.15, -0.1) is 0 Å². The number of hydrogen-bond donors (Lipinski definition) is 1. The zero-order valence-corrected chi connectivity index (χ0v) is 15.0. The van der Waals surface area contributed by atoms with Gasteiger partial charge in [0.05, 0.1) is 17.4 Å². The van der Waals surface area contributed by atoms with Gasteiger partial charge in [0.25, 0.3) is 0 Å². The van der Waals surface area contributed by atoms with Crippen LogP contribution in [-0.2, 0) is 24.8 Å². The van der Waals surface area contributed by atoms with Crippen LogP contribution in [0.2, 0.25) is 5.02 Å². The number of halogens is 1. The van der Waals surface area contributed by atoms with Gasteiger partial charge in [0.15, 0.2) is 9.84 Å². The fourth-order valence-electron chi connectivity index (χ4n) is 3.55. The van der Waals surface area contributed by atoms with Gasteiger partial charge in [-0.1, -0.05) is 23.7 Å². The minimum Gasteiger partial charge on any atom is -0.381 e. The molecule has 0 spiro atoms. The molecule has 0 aliphatic carbocycles. The summed E-state index contributed by atoms with van der Waals surface area (Å²) in [6, 6.07) is 7.72. The first-order valence-corrected chi connectivity index (χ1v) is 10.4.